The Morgan fingerprint density at radius 2 is 1.88 bits per heavy atom. The average molecular weight is 355 g/mol. The van der Waals surface area contributed by atoms with Gasteiger partial charge in [-0.1, -0.05) is 24.4 Å². The molecule has 0 atom stereocenters. The van der Waals surface area contributed by atoms with Gasteiger partial charge in [0.2, 0.25) is 15.9 Å². The molecule has 1 aromatic rings. The van der Waals surface area contributed by atoms with Gasteiger partial charge in [-0.3, -0.25) is 4.79 Å². The highest BCUT2D eigenvalue weighted by Gasteiger charge is 2.36. The highest BCUT2D eigenvalue weighted by molar-refractivity contribution is 7.89. The number of rotatable bonds is 4. The SMILES string of the molecule is Cc1cc(NC(=O)C2CCN(S(=O)(=O)C3CCCCC3)CC2)no1. The zero-order chi connectivity index (χ0) is 17.2. The Bertz CT molecular complexity index is 671. The van der Waals surface area contributed by atoms with E-state index in [4.69, 9.17) is 4.52 Å². The van der Waals surface area contributed by atoms with E-state index in [2.05, 4.69) is 10.5 Å². The van der Waals surface area contributed by atoms with Gasteiger partial charge >= 0.3 is 0 Å². The van der Waals surface area contributed by atoms with E-state index in [1.54, 1.807) is 17.3 Å². The van der Waals surface area contributed by atoms with E-state index in [1.807, 2.05) is 0 Å². The average Bonchev–Trinajstić information content (AvgIpc) is 3.00. The molecule has 1 aliphatic carbocycles. The van der Waals surface area contributed by atoms with Crippen molar-refractivity contribution in [3.8, 4) is 0 Å². The third-order valence-electron chi connectivity index (χ3n) is 5.04. The lowest BCUT2D eigenvalue weighted by atomic mass is 9.97. The quantitative estimate of drug-likeness (QED) is 0.894. The van der Waals surface area contributed by atoms with Gasteiger partial charge in [0.15, 0.2) is 5.82 Å². The standard InChI is InChI=1S/C16H25N3O4S/c1-12-11-15(18-23-12)17-16(20)13-7-9-19(10-8-13)24(21,22)14-5-3-2-4-6-14/h11,13-14H,2-10H2,1H3,(H,17,18,20). The summed E-state index contributed by atoms with van der Waals surface area (Å²) in [6, 6.07) is 1.67. The van der Waals surface area contributed by atoms with Gasteiger partial charge in [0.1, 0.15) is 5.76 Å². The van der Waals surface area contributed by atoms with E-state index in [-0.39, 0.29) is 17.1 Å². The fourth-order valence-corrected chi connectivity index (χ4v) is 5.67. The Morgan fingerprint density at radius 3 is 2.46 bits per heavy atom. The van der Waals surface area contributed by atoms with Crippen LogP contribution >= 0.6 is 0 Å². The van der Waals surface area contributed by atoms with E-state index >= 15 is 0 Å². The Balaban J connectivity index is 1.54. The zero-order valence-corrected chi connectivity index (χ0v) is 14.8. The third kappa shape index (κ3) is 3.80. The predicted octanol–water partition coefficient (Wildman–Crippen LogP) is 2.30. The van der Waals surface area contributed by atoms with Gasteiger partial charge in [-0.15, -0.1) is 0 Å². The molecule has 134 valence electrons. The van der Waals surface area contributed by atoms with Crippen LogP contribution in [0.1, 0.15) is 50.7 Å². The first-order valence-electron chi connectivity index (χ1n) is 8.70. The smallest absolute Gasteiger partial charge is 0.228 e. The normalized spacial score (nSPS) is 21.7. The maximum absolute atomic E-state index is 12.7. The molecular weight excluding hydrogens is 330 g/mol. The molecule has 7 nitrogen and oxygen atoms in total. The number of piperidine rings is 1. The zero-order valence-electron chi connectivity index (χ0n) is 14.0. The van der Waals surface area contributed by atoms with E-state index in [0.29, 0.717) is 37.5 Å². The van der Waals surface area contributed by atoms with Crippen LogP contribution in [0.25, 0.3) is 0 Å². The topological polar surface area (TPSA) is 92.5 Å². The Morgan fingerprint density at radius 1 is 1.21 bits per heavy atom. The fourth-order valence-electron chi connectivity index (χ4n) is 3.60. The lowest BCUT2D eigenvalue weighted by Crippen LogP contribution is -2.45. The molecule has 0 unspecified atom stereocenters. The van der Waals surface area contributed by atoms with Crippen LogP contribution in [0.2, 0.25) is 0 Å². The summed E-state index contributed by atoms with van der Waals surface area (Å²) in [5.41, 5.74) is 0. The van der Waals surface area contributed by atoms with Crippen LogP contribution in [-0.4, -0.2) is 42.1 Å². The minimum atomic E-state index is -3.22. The summed E-state index contributed by atoms with van der Waals surface area (Å²) >= 11 is 0. The number of anilines is 1. The molecule has 24 heavy (non-hydrogen) atoms. The molecule has 2 fully saturated rings. The van der Waals surface area contributed by atoms with Crippen molar-refractivity contribution in [2.45, 2.75) is 57.1 Å². The highest BCUT2D eigenvalue weighted by atomic mass is 32.2. The molecule has 1 aromatic heterocycles. The predicted molar refractivity (Wildman–Crippen MR) is 90.0 cm³/mol. The molecule has 1 amide bonds. The van der Waals surface area contributed by atoms with Gasteiger partial charge in [0.25, 0.3) is 0 Å². The highest BCUT2D eigenvalue weighted by Crippen LogP contribution is 2.29. The number of sulfonamides is 1. The van der Waals surface area contributed by atoms with Gasteiger partial charge in [-0.2, -0.15) is 0 Å². The van der Waals surface area contributed by atoms with Crippen LogP contribution in [0, 0.1) is 12.8 Å². The first-order valence-corrected chi connectivity index (χ1v) is 10.2. The van der Waals surface area contributed by atoms with Gasteiger partial charge in [-0.25, -0.2) is 12.7 Å². The van der Waals surface area contributed by atoms with Crippen LogP contribution in [0.3, 0.4) is 0 Å². The van der Waals surface area contributed by atoms with Crippen LogP contribution in [0.15, 0.2) is 10.6 Å². The summed E-state index contributed by atoms with van der Waals surface area (Å²) in [4.78, 5) is 12.3. The summed E-state index contributed by atoms with van der Waals surface area (Å²) in [6.45, 7) is 2.61. The van der Waals surface area contributed by atoms with Crippen molar-refractivity contribution in [3.05, 3.63) is 11.8 Å². The second kappa shape index (κ2) is 7.23. The molecular formula is C16H25N3O4S. The minimum Gasteiger partial charge on any atom is -0.360 e. The van der Waals surface area contributed by atoms with Crippen molar-refractivity contribution in [1.29, 1.82) is 0 Å². The molecule has 1 N–H and O–H groups in total. The van der Waals surface area contributed by atoms with Crippen molar-refractivity contribution in [2.24, 2.45) is 5.92 Å². The van der Waals surface area contributed by atoms with Crippen molar-refractivity contribution < 1.29 is 17.7 Å². The summed E-state index contributed by atoms with van der Waals surface area (Å²) in [5, 5.41) is 6.26. The van der Waals surface area contributed by atoms with Crippen LogP contribution in [0.4, 0.5) is 5.82 Å². The number of hydrogen-bond donors (Lipinski definition) is 1. The van der Waals surface area contributed by atoms with E-state index in [1.165, 1.54) is 0 Å². The first kappa shape index (κ1) is 17.4. The number of amides is 1. The van der Waals surface area contributed by atoms with Crippen LogP contribution in [-0.2, 0) is 14.8 Å². The molecule has 0 bridgehead atoms. The Kier molecular flexibility index (Phi) is 5.24. The Hall–Kier alpha value is -1.41. The monoisotopic (exact) mass is 355 g/mol. The summed E-state index contributed by atoms with van der Waals surface area (Å²) in [5.74, 6) is 0.756. The number of nitrogens with zero attached hydrogens (tertiary/aromatic N) is 2. The molecule has 2 heterocycles. The van der Waals surface area contributed by atoms with Crippen LogP contribution < -0.4 is 5.32 Å². The number of hydrogen-bond acceptors (Lipinski definition) is 5. The summed E-state index contributed by atoms with van der Waals surface area (Å²) in [6.07, 6.45) is 5.78. The van der Waals surface area contributed by atoms with Crippen molar-refractivity contribution in [3.63, 3.8) is 0 Å². The fraction of sp³-hybridized carbons (Fsp3) is 0.750. The largest absolute Gasteiger partial charge is 0.360 e. The lowest BCUT2D eigenvalue weighted by Gasteiger charge is -2.34. The number of carbonyl (C=O) groups is 1. The molecule has 1 saturated carbocycles. The molecule has 3 rings (SSSR count). The van der Waals surface area contributed by atoms with Crippen LogP contribution in [0.5, 0.6) is 0 Å². The summed E-state index contributed by atoms with van der Waals surface area (Å²) in [7, 11) is -3.22. The number of aromatic nitrogens is 1. The molecule has 1 saturated heterocycles. The molecule has 2 aliphatic rings. The van der Waals surface area contributed by atoms with Crippen molar-refractivity contribution in [2.75, 3.05) is 18.4 Å². The van der Waals surface area contributed by atoms with E-state index < -0.39 is 10.0 Å². The molecule has 0 radical (unpaired) electrons. The van der Waals surface area contributed by atoms with Crippen molar-refractivity contribution >= 4 is 21.7 Å². The van der Waals surface area contributed by atoms with Gasteiger partial charge in [-0.05, 0) is 32.6 Å². The van der Waals surface area contributed by atoms with Gasteiger partial charge in [0.05, 0.1) is 5.25 Å². The van der Waals surface area contributed by atoms with E-state index in [9.17, 15) is 13.2 Å². The second-order valence-corrected chi connectivity index (χ2v) is 9.00. The van der Waals surface area contributed by atoms with Gasteiger partial charge in [0, 0.05) is 25.1 Å². The maximum atomic E-state index is 12.7. The van der Waals surface area contributed by atoms with Gasteiger partial charge < -0.3 is 9.84 Å². The maximum Gasteiger partial charge on any atom is 0.228 e. The Labute approximate surface area is 142 Å². The lowest BCUT2D eigenvalue weighted by molar-refractivity contribution is -0.120. The molecule has 8 heteroatoms. The number of nitrogens with one attached hydrogen (secondary N) is 1. The second-order valence-electron chi connectivity index (χ2n) is 6.79. The third-order valence-corrected chi connectivity index (χ3v) is 7.44. The molecule has 0 spiro atoms. The summed E-state index contributed by atoms with van der Waals surface area (Å²) < 4.78 is 31.9. The van der Waals surface area contributed by atoms with Crippen molar-refractivity contribution in [1.82, 2.24) is 9.46 Å². The number of carbonyl (C=O) groups excluding carboxylic acids is 1. The first-order chi connectivity index (χ1) is 11.5. The molecule has 0 aromatic carbocycles. The number of aryl methyl sites for hydroxylation is 1. The van der Waals surface area contributed by atoms with E-state index in [0.717, 1.165) is 32.1 Å². The molecule has 1 aliphatic heterocycles. The minimum absolute atomic E-state index is 0.113.